The van der Waals surface area contributed by atoms with Crippen LogP contribution in [-0.2, 0) is 4.74 Å². The Kier molecular flexibility index (Phi) is 4.07. The number of benzene rings is 1. The van der Waals surface area contributed by atoms with Crippen molar-refractivity contribution in [2.75, 3.05) is 20.2 Å². The predicted octanol–water partition coefficient (Wildman–Crippen LogP) is 2.96. The molecule has 1 aromatic carbocycles. The average molecular weight is 319 g/mol. The van der Waals surface area contributed by atoms with E-state index in [2.05, 4.69) is 15.9 Å². The molecular weight excluding hydrogens is 305 g/mol. The highest BCUT2D eigenvalue weighted by Crippen LogP contribution is 2.24. The first-order valence-corrected chi connectivity index (χ1v) is 6.56. The number of rotatable bonds is 2. The third-order valence-corrected chi connectivity index (χ3v) is 3.75. The lowest BCUT2D eigenvalue weighted by molar-refractivity contribution is 0.0724. The minimum absolute atomic E-state index is 0.0316. The van der Waals surface area contributed by atoms with Crippen LogP contribution in [0.25, 0.3) is 0 Å². The van der Waals surface area contributed by atoms with Gasteiger partial charge in [0, 0.05) is 24.7 Å². The Morgan fingerprint density at radius 2 is 2.35 bits per heavy atom. The summed E-state index contributed by atoms with van der Waals surface area (Å²) >= 11 is 9.38. The summed E-state index contributed by atoms with van der Waals surface area (Å²) in [4.78, 5) is 14.0. The van der Waals surface area contributed by atoms with Crippen LogP contribution in [0, 0.1) is 0 Å². The first-order chi connectivity index (χ1) is 8.11. The molecule has 1 amide bonds. The summed E-state index contributed by atoms with van der Waals surface area (Å²) in [6, 6.07) is 5.30. The Morgan fingerprint density at radius 1 is 1.59 bits per heavy atom. The SMILES string of the molecule is COC1CCN(C(=O)c2cc(Br)ccc2Cl)C1. The zero-order valence-corrected chi connectivity index (χ0v) is 11.8. The summed E-state index contributed by atoms with van der Waals surface area (Å²) in [6.45, 7) is 1.36. The maximum atomic E-state index is 12.2. The number of carbonyl (C=O) groups is 1. The van der Waals surface area contributed by atoms with Gasteiger partial charge in [-0.15, -0.1) is 0 Å². The highest BCUT2D eigenvalue weighted by molar-refractivity contribution is 9.10. The van der Waals surface area contributed by atoms with Crippen LogP contribution in [-0.4, -0.2) is 37.1 Å². The number of methoxy groups -OCH3 is 1. The number of likely N-dealkylation sites (tertiary alicyclic amines) is 1. The Bertz CT molecular complexity index is 439. The van der Waals surface area contributed by atoms with Crippen LogP contribution in [0.1, 0.15) is 16.8 Å². The summed E-state index contributed by atoms with van der Waals surface area (Å²) in [6.07, 6.45) is 1.03. The van der Waals surface area contributed by atoms with E-state index in [1.165, 1.54) is 0 Å². The quantitative estimate of drug-likeness (QED) is 0.839. The molecule has 92 valence electrons. The molecule has 2 rings (SSSR count). The molecule has 3 nitrogen and oxygen atoms in total. The van der Waals surface area contributed by atoms with E-state index in [0.717, 1.165) is 17.4 Å². The van der Waals surface area contributed by atoms with Gasteiger partial charge in [-0.05, 0) is 24.6 Å². The molecule has 17 heavy (non-hydrogen) atoms. The fourth-order valence-electron chi connectivity index (χ4n) is 1.94. The Morgan fingerprint density at radius 3 is 3.00 bits per heavy atom. The van der Waals surface area contributed by atoms with E-state index in [0.29, 0.717) is 17.1 Å². The van der Waals surface area contributed by atoms with E-state index < -0.39 is 0 Å². The number of halogens is 2. The summed E-state index contributed by atoms with van der Waals surface area (Å²) in [5, 5.41) is 0.485. The smallest absolute Gasteiger partial charge is 0.255 e. The van der Waals surface area contributed by atoms with Gasteiger partial charge in [0.25, 0.3) is 5.91 Å². The topological polar surface area (TPSA) is 29.5 Å². The van der Waals surface area contributed by atoms with Crippen LogP contribution in [0.15, 0.2) is 22.7 Å². The van der Waals surface area contributed by atoms with Crippen molar-refractivity contribution in [1.29, 1.82) is 0 Å². The highest BCUT2D eigenvalue weighted by atomic mass is 79.9. The Labute approximate surface area is 114 Å². The standard InChI is InChI=1S/C12H13BrClNO2/c1-17-9-4-5-15(7-9)12(16)10-6-8(13)2-3-11(10)14/h2-3,6,9H,4-5,7H2,1H3. The summed E-state index contributed by atoms with van der Waals surface area (Å²) < 4.78 is 6.10. The van der Waals surface area contributed by atoms with Gasteiger partial charge in [-0.2, -0.15) is 0 Å². The van der Waals surface area contributed by atoms with Gasteiger partial charge >= 0.3 is 0 Å². The monoisotopic (exact) mass is 317 g/mol. The van der Waals surface area contributed by atoms with E-state index in [1.54, 1.807) is 24.1 Å². The molecule has 1 heterocycles. The average Bonchev–Trinajstić information content (AvgIpc) is 2.80. The maximum Gasteiger partial charge on any atom is 0.255 e. The number of carbonyl (C=O) groups excluding carboxylic acids is 1. The number of ether oxygens (including phenoxy) is 1. The van der Waals surface area contributed by atoms with Crippen LogP contribution in [0.4, 0.5) is 0 Å². The van der Waals surface area contributed by atoms with Crippen molar-refractivity contribution in [3.63, 3.8) is 0 Å². The lowest BCUT2D eigenvalue weighted by atomic mass is 10.2. The van der Waals surface area contributed by atoms with Crippen LogP contribution < -0.4 is 0 Å². The van der Waals surface area contributed by atoms with Gasteiger partial charge in [0.05, 0.1) is 16.7 Å². The zero-order chi connectivity index (χ0) is 12.4. The van der Waals surface area contributed by atoms with Crippen LogP contribution in [0.2, 0.25) is 5.02 Å². The van der Waals surface area contributed by atoms with Gasteiger partial charge in [-0.25, -0.2) is 0 Å². The fourth-order valence-corrected chi connectivity index (χ4v) is 2.50. The molecule has 0 bridgehead atoms. The van der Waals surface area contributed by atoms with Gasteiger partial charge in [0.15, 0.2) is 0 Å². The van der Waals surface area contributed by atoms with Crippen LogP contribution in [0.3, 0.4) is 0 Å². The molecule has 0 saturated carbocycles. The molecule has 0 spiro atoms. The minimum atomic E-state index is -0.0316. The number of amides is 1. The van der Waals surface area contributed by atoms with Crippen molar-refractivity contribution in [3.8, 4) is 0 Å². The number of hydrogen-bond donors (Lipinski definition) is 0. The molecule has 1 aliphatic rings. The second kappa shape index (κ2) is 5.38. The molecule has 1 aromatic rings. The van der Waals surface area contributed by atoms with Gasteiger partial charge in [-0.3, -0.25) is 4.79 Å². The maximum absolute atomic E-state index is 12.2. The molecule has 0 N–H and O–H groups in total. The Hall–Kier alpha value is -0.580. The normalized spacial score (nSPS) is 19.7. The predicted molar refractivity (Wildman–Crippen MR) is 70.5 cm³/mol. The molecule has 5 heteroatoms. The van der Waals surface area contributed by atoms with Crippen molar-refractivity contribution in [2.24, 2.45) is 0 Å². The largest absolute Gasteiger partial charge is 0.380 e. The summed E-state index contributed by atoms with van der Waals surface area (Å²) in [5.74, 6) is -0.0316. The Balaban J connectivity index is 2.17. The van der Waals surface area contributed by atoms with E-state index in [4.69, 9.17) is 16.3 Å². The number of hydrogen-bond acceptors (Lipinski definition) is 2. The van der Waals surface area contributed by atoms with E-state index >= 15 is 0 Å². The first-order valence-electron chi connectivity index (χ1n) is 5.39. The van der Waals surface area contributed by atoms with Crippen molar-refractivity contribution in [2.45, 2.75) is 12.5 Å². The molecule has 1 aliphatic heterocycles. The van der Waals surface area contributed by atoms with Gasteiger partial charge in [-0.1, -0.05) is 27.5 Å². The van der Waals surface area contributed by atoms with E-state index in [-0.39, 0.29) is 12.0 Å². The molecule has 0 aromatic heterocycles. The molecule has 0 radical (unpaired) electrons. The minimum Gasteiger partial charge on any atom is -0.380 e. The molecule has 1 saturated heterocycles. The number of nitrogens with zero attached hydrogens (tertiary/aromatic N) is 1. The molecule has 1 atom stereocenters. The molecule has 1 unspecified atom stereocenters. The third-order valence-electron chi connectivity index (χ3n) is 2.92. The van der Waals surface area contributed by atoms with Crippen LogP contribution >= 0.6 is 27.5 Å². The van der Waals surface area contributed by atoms with Crippen molar-refractivity contribution in [1.82, 2.24) is 4.90 Å². The summed E-state index contributed by atoms with van der Waals surface area (Å²) in [5.41, 5.74) is 0.540. The second-order valence-corrected chi connectivity index (χ2v) is 5.34. The van der Waals surface area contributed by atoms with Gasteiger partial charge < -0.3 is 9.64 Å². The van der Waals surface area contributed by atoms with Crippen molar-refractivity contribution < 1.29 is 9.53 Å². The third kappa shape index (κ3) is 2.81. The second-order valence-electron chi connectivity index (χ2n) is 4.02. The summed E-state index contributed by atoms with van der Waals surface area (Å²) in [7, 11) is 1.67. The fraction of sp³-hybridized carbons (Fsp3) is 0.417. The van der Waals surface area contributed by atoms with Crippen molar-refractivity contribution >= 4 is 33.4 Å². The molecule has 0 aliphatic carbocycles. The van der Waals surface area contributed by atoms with E-state index in [1.807, 2.05) is 6.07 Å². The zero-order valence-electron chi connectivity index (χ0n) is 9.45. The highest BCUT2D eigenvalue weighted by Gasteiger charge is 2.27. The first kappa shape index (κ1) is 12.9. The lowest BCUT2D eigenvalue weighted by Crippen LogP contribution is -2.30. The molecular formula is C12H13BrClNO2. The molecule has 1 fully saturated rings. The van der Waals surface area contributed by atoms with Gasteiger partial charge in [0.1, 0.15) is 0 Å². The lowest BCUT2D eigenvalue weighted by Gasteiger charge is -2.17. The van der Waals surface area contributed by atoms with Crippen molar-refractivity contribution in [3.05, 3.63) is 33.3 Å². The van der Waals surface area contributed by atoms with Crippen LogP contribution in [0.5, 0.6) is 0 Å². The van der Waals surface area contributed by atoms with Gasteiger partial charge in [0.2, 0.25) is 0 Å². The van der Waals surface area contributed by atoms with E-state index in [9.17, 15) is 4.79 Å².